The van der Waals surface area contributed by atoms with E-state index in [-0.39, 0.29) is 12.6 Å². The quantitative estimate of drug-likeness (QED) is 0.900. The second-order valence-electron chi connectivity index (χ2n) is 4.95. The third kappa shape index (κ3) is 3.98. The fourth-order valence-electron chi connectivity index (χ4n) is 2.17. The lowest BCUT2D eigenvalue weighted by Gasteiger charge is -2.27. The van der Waals surface area contributed by atoms with Gasteiger partial charge in [-0.25, -0.2) is 4.79 Å². The third-order valence-electron chi connectivity index (χ3n) is 3.09. The number of carbonyl (C=O) groups is 2. The van der Waals surface area contributed by atoms with Crippen LogP contribution in [0.5, 0.6) is 0 Å². The fourth-order valence-corrected chi connectivity index (χ4v) is 2.17. The van der Waals surface area contributed by atoms with Crippen molar-refractivity contribution in [2.75, 3.05) is 25.0 Å². The van der Waals surface area contributed by atoms with Crippen molar-refractivity contribution in [2.24, 2.45) is 0 Å². The monoisotopic (exact) mass is 278 g/mol. The first-order valence-corrected chi connectivity index (χ1v) is 6.68. The standard InChI is InChI=1S/C15H22N2O3/c1-5-8-17(10-14(18)19)15(20)16(4)13-7-6-11(2)9-12(13)3/h6-7,9H,5,8,10H2,1-4H3,(H,18,19). The molecule has 0 saturated carbocycles. The number of aryl methyl sites for hydroxylation is 2. The number of carboxylic acid groups (broad SMARTS) is 1. The molecular formula is C15H22N2O3. The Hall–Kier alpha value is -2.04. The van der Waals surface area contributed by atoms with Gasteiger partial charge in [0, 0.05) is 19.3 Å². The molecule has 0 bridgehead atoms. The van der Waals surface area contributed by atoms with Crippen LogP contribution in [0.2, 0.25) is 0 Å². The lowest BCUT2D eigenvalue weighted by atomic mass is 10.1. The summed E-state index contributed by atoms with van der Waals surface area (Å²) in [5.74, 6) is -0.999. The van der Waals surface area contributed by atoms with E-state index in [9.17, 15) is 9.59 Å². The van der Waals surface area contributed by atoms with Gasteiger partial charge in [-0.05, 0) is 31.9 Å². The number of rotatable bonds is 5. The molecular weight excluding hydrogens is 256 g/mol. The van der Waals surface area contributed by atoms with Crippen LogP contribution in [0.15, 0.2) is 18.2 Å². The highest BCUT2D eigenvalue weighted by Crippen LogP contribution is 2.21. The lowest BCUT2D eigenvalue weighted by Crippen LogP contribution is -2.44. The van der Waals surface area contributed by atoms with Gasteiger partial charge in [0.05, 0.1) is 0 Å². The van der Waals surface area contributed by atoms with E-state index in [0.717, 1.165) is 23.2 Å². The SMILES string of the molecule is CCCN(CC(=O)O)C(=O)N(C)c1ccc(C)cc1C. The summed E-state index contributed by atoms with van der Waals surface area (Å²) < 4.78 is 0. The van der Waals surface area contributed by atoms with Gasteiger partial charge in [0.2, 0.25) is 0 Å². The van der Waals surface area contributed by atoms with Crippen molar-refractivity contribution < 1.29 is 14.7 Å². The van der Waals surface area contributed by atoms with E-state index in [1.54, 1.807) is 7.05 Å². The average Bonchev–Trinajstić information content (AvgIpc) is 2.36. The molecule has 20 heavy (non-hydrogen) atoms. The summed E-state index contributed by atoms with van der Waals surface area (Å²) in [6.45, 7) is 6.00. The van der Waals surface area contributed by atoms with E-state index in [0.29, 0.717) is 6.54 Å². The van der Waals surface area contributed by atoms with Crippen molar-refractivity contribution in [1.29, 1.82) is 0 Å². The van der Waals surface area contributed by atoms with Gasteiger partial charge in [0.15, 0.2) is 0 Å². The van der Waals surface area contributed by atoms with Crippen molar-refractivity contribution in [2.45, 2.75) is 27.2 Å². The number of hydrogen-bond donors (Lipinski definition) is 1. The van der Waals surface area contributed by atoms with E-state index in [1.165, 1.54) is 9.80 Å². The molecule has 0 saturated heterocycles. The van der Waals surface area contributed by atoms with Crippen molar-refractivity contribution in [1.82, 2.24) is 4.90 Å². The van der Waals surface area contributed by atoms with Crippen LogP contribution in [0.4, 0.5) is 10.5 Å². The molecule has 0 fully saturated rings. The molecule has 0 heterocycles. The first-order chi connectivity index (χ1) is 9.36. The number of carbonyl (C=O) groups excluding carboxylic acids is 1. The predicted octanol–water partition coefficient (Wildman–Crippen LogP) is 2.66. The van der Waals surface area contributed by atoms with Crippen molar-refractivity contribution in [3.05, 3.63) is 29.3 Å². The van der Waals surface area contributed by atoms with E-state index >= 15 is 0 Å². The molecule has 2 amide bonds. The summed E-state index contributed by atoms with van der Waals surface area (Å²) in [6.07, 6.45) is 0.722. The molecule has 1 aromatic rings. The molecule has 0 spiro atoms. The van der Waals surface area contributed by atoms with Gasteiger partial charge < -0.3 is 10.0 Å². The zero-order chi connectivity index (χ0) is 15.3. The number of benzene rings is 1. The minimum atomic E-state index is -0.999. The topological polar surface area (TPSA) is 60.9 Å². The van der Waals surface area contributed by atoms with Crippen LogP contribution < -0.4 is 4.90 Å². The molecule has 1 N–H and O–H groups in total. The Kier molecular flexibility index (Phi) is 5.55. The summed E-state index contributed by atoms with van der Waals surface area (Å²) >= 11 is 0. The number of nitrogens with zero attached hydrogens (tertiary/aromatic N) is 2. The zero-order valence-electron chi connectivity index (χ0n) is 12.5. The molecule has 0 unspecified atom stereocenters. The Bertz CT molecular complexity index is 500. The maximum Gasteiger partial charge on any atom is 0.324 e. The Morgan fingerprint density at radius 2 is 1.90 bits per heavy atom. The average molecular weight is 278 g/mol. The van der Waals surface area contributed by atoms with Crippen LogP contribution in [-0.2, 0) is 4.79 Å². The van der Waals surface area contributed by atoms with E-state index < -0.39 is 5.97 Å². The molecule has 1 rings (SSSR count). The first-order valence-electron chi connectivity index (χ1n) is 6.68. The van der Waals surface area contributed by atoms with Gasteiger partial charge in [0.1, 0.15) is 6.54 Å². The smallest absolute Gasteiger partial charge is 0.324 e. The third-order valence-corrected chi connectivity index (χ3v) is 3.09. The van der Waals surface area contributed by atoms with Gasteiger partial charge in [-0.3, -0.25) is 9.69 Å². The van der Waals surface area contributed by atoms with Crippen LogP contribution >= 0.6 is 0 Å². The van der Waals surface area contributed by atoms with E-state index in [2.05, 4.69) is 0 Å². The van der Waals surface area contributed by atoms with E-state index in [4.69, 9.17) is 5.11 Å². The van der Waals surface area contributed by atoms with Crippen molar-refractivity contribution >= 4 is 17.7 Å². The number of carboxylic acids is 1. The molecule has 0 atom stereocenters. The summed E-state index contributed by atoms with van der Waals surface area (Å²) in [5, 5.41) is 8.89. The minimum absolute atomic E-state index is 0.276. The molecule has 1 aromatic carbocycles. The lowest BCUT2D eigenvalue weighted by molar-refractivity contribution is -0.137. The normalized spacial score (nSPS) is 10.2. The molecule has 5 heteroatoms. The minimum Gasteiger partial charge on any atom is -0.480 e. The number of aliphatic carboxylic acids is 1. The van der Waals surface area contributed by atoms with E-state index in [1.807, 2.05) is 39.0 Å². The molecule has 110 valence electrons. The van der Waals surface area contributed by atoms with Crippen LogP contribution in [0.1, 0.15) is 24.5 Å². The maximum absolute atomic E-state index is 12.4. The van der Waals surface area contributed by atoms with Crippen LogP contribution in [0.25, 0.3) is 0 Å². The Labute approximate surface area is 119 Å². The van der Waals surface area contributed by atoms with Crippen LogP contribution in [-0.4, -0.2) is 42.1 Å². The highest BCUT2D eigenvalue weighted by Gasteiger charge is 2.21. The van der Waals surface area contributed by atoms with Gasteiger partial charge >= 0.3 is 12.0 Å². The van der Waals surface area contributed by atoms with Gasteiger partial charge in [-0.1, -0.05) is 24.6 Å². The van der Waals surface area contributed by atoms with Crippen molar-refractivity contribution in [3.8, 4) is 0 Å². The Morgan fingerprint density at radius 1 is 1.25 bits per heavy atom. The Balaban J connectivity index is 2.95. The molecule has 0 radical (unpaired) electrons. The molecule has 0 aliphatic carbocycles. The molecule has 0 aliphatic rings. The first kappa shape index (κ1) is 16.0. The summed E-state index contributed by atoms with van der Waals surface area (Å²) in [7, 11) is 1.67. The van der Waals surface area contributed by atoms with Gasteiger partial charge in [-0.2, -0.15) is 0 Å². The number of urea groups is 1. The second-order valence-corrected chi connectivity index (χ2v) is 4.95. The summed E-state index contributed by atoms with van der Waals surface area (Å²) in [4.78, 5) is 26.1. The van der Waals surface area contributed by atoms with Crippen LogP contribution in [0, 0.1) is 13.8 Å². The molecule has 5 nitrogen and oxygen atoms in total. The second kappa shape index (κ2) is 6.93. The number of amides is 2. The van der Waals surface area contributed by atoms with Gasteiger partial charge in [0.25, 0.3) is 0 Å². The summed E-state index contributed by atoms with van der Waals surface area (Å²) in [6, 6.07) is 5.53. The zero-order valence-corrected chi connectivity index (χ0v) is 12.5. The Morgan fingerprint density at radius 3 is 2.40 bits per heavy atom. The summed E-state index contributed by atoms with van der Waals surface area (Å²) in [5.41, 5.74) is 2.92. The largest absolute Gasteiger partial charge is 0.480 e. The van der Waals surface area contributed by atoms with Crippen LogP contribution in [0.3, 0.4) is 0 Å². The highest BCUT2D eigenvalue weighted by molar-refractivity contribution is 5.93. The maximum atomic E-state index is 12.4. The predicted molar refractivity (Wildman–Crippen MR) is 79.2 cm³/mol. The molecule has 0 aliphatic heterocycles. The number of anilines is 1. The van der Waals surface area contributed by atoms with Crippen molar-refractivity contribution in [3.63, 3.8) is 0 Å². The number of hydrogen-bond acceptors (Lipinski definition) is 2. The van der Waals surface area contributed by atoms with Gasteiger partial charge in [-0.15, -0.1) is 0 Å². The fraction of sp³-hybridized carbons (Fsp3) is 0.467. The molecule has 0 aromatic heterocycles. The highest BCUT2D eigenvalue weighted by atomic mass is 16.4.